The third-order valence-corrected chi connectivity index (χ3v) is 4.12. The molecule has 0 saturated carbocycles. The van der Waals surface area contributed by atoms with Crippen LogP contribution >= 0.6 is 0 Å². The number of pyridine rings is 1. The van der Waals surface area contributed by atoms with E-state index in [9.17, 15) is 14.4 Å². The van der Waals surface area contributed by atoms with Gasteiger partial charge in [-0.3, -0.25) is 9.59 Å². The first-order valence-electron chi connectivity index (χ1n) is 7.88. The van der Waals surface area contributed by atoms with Gasteiger partial charge in [0.05, 0.1) is 42.7 Å². The molecule has 0 aliphatic heterocycles. The summed E-state index contributed by atoms with van der Waals surface area (Å²) in [5, 5.41) is 0.560. The normalized spacial score (nSPS) is 10.9. The Morgan fingerprint density at radius 2 is 1.81 bits per heavy atom. The summed E-state index contributed by atoms with van der Waals surface area (Å²) in [6.07, 6.45) is -0.245. The van der Waals surface area contributed by atoms with Crippen LogP contribution in [0.25, 0.3) is 22.1 Å². The van der Waals surface area contributed by atoms with Gasteiger partial charge in [-0.1, -0.05) is 6.07 Å². The number of nitrogens with zero attached hydrogens (tertiary/aromatic N) is 1. The molecule has 3 aromatic rings. The number of benzene rings is 1. The van der Waals surface area contributed by atoms with Crippen LogP contribution in [0, 0.1) is 13.8 Å². The van der Waals surface area contributed by atoms with Crippen molar-refractivity contribution in [2.75, 3.05) is 14.2 Å². The summed E-state index contributed by atoms with van der Waals surface area (Å²) in [5.74, 6) is -1.27. The fourth-order valence-corrected chi connectivity index (χ4v) is 2.90. The van der Waals surface area contributed by atoms with Crippen LogP contribution in [0.5, 0.6) is 0 Å². The highest BCUT2D eigenvalue weighted by molar-refractivity contribution is 5.97. The zero-order valence-electron chi connectivity index (χ0n) is 14.8. The Hall–Kier alpha value is -3.22. The van der Waals surface area contributed by atoms with Crippen LogP contribution in [-0.4, -0.2) is 31.1 Å². The van der Waals surface area contributed by atoms with Crippen LogP contribution in [-0.2, 0) is 20.7 Å². The van der Waals surface area contributed by atoms with Gasteiger partial charge in [-0.2, -0.15) is 0 Å². The largest absolute Gasteiger partial charge is 0.469 e. The summed E-state index contributed by atoms with van der Waals surface area (Å²) < 4.78 is 15.2. The van der Waals surface area contributed by atoms with Gasteiger partial charge in [0.1, 0.15) is 5.58 Å². The minimum atomic E-state index is -0.696. The van der Waals surface area contributed by atoms with E-state index < -0.39 is 11.9 Å². The Bertz CT molecular complexity index is 1110. The Labute approximate surface area is 148 Å². The minimum Gasteiger partial charge on any atom is -0.469 e. The van der Waals surface area contributed by atoms with Crippen molar-refractivity contribution in [1.82, 2.24) is 4.98 Å². The lowest BCUT2D eigenvalue weighted by molar-refractivity contribution is -0.139. The summed E-state index contributed by atoms with van der Waals surface area (Å²) >= 11 is 0. The van der Waals surface area contributed by atoms with E-state index in [-0.39, 0.29) is 34.2 Å². The summed E-state index contributed by atoms with van der Waals surface area (Å²) in [7, 11) is 2.45. The lowest BCUT2D eigenvalue weighted by atomic mass is 10.0. The monoisotopic (exact) mass is 355 g/mol. The second-order valence-corrected chi connectivity index (χ2v) is 5.97. The molecule has 0 spiro atoms. The molecule has 7 nitrogen and oxygen atoms in total. The van der Waals surface area contributed by atoms with Crippen LogP contribution in [0.3, 0.4) is 0 Å². The van der Waals surface area contributed by atoms with E-state index in [1.165, 1.54) is 20.3 Å². The molecule has 0 saturated heterocycles. The van der Waals surface area contributed by atoms with E-state index in [0.29, 0.717) is 11.0 Å². The smallest absolute Gasteiger partial charge is 0.339 e. The Morgan fingerprint density at radius 3 is 2.46 bits per heavy atom. The quantitative estimate of drug-likeness (QED) is 0.526. The van der Waals surface area contributed by atoms with E-state index in [2.05, 4.69) is 9.72 Å². The van der Waals surface area contributed by atoms with Gasteiger partial charge in [0.25, 0.3) is 0 Å². The number of hydrogen-bond donors (Lipinski definition) is 0. The van der Waals surface area contributed by atoms with Crippen LogP contribution in [0.4, 0.5) is 0 Å². The highest BCUT2D eigenvalue weighted by Gasteiger charge is 2.21. The molecule has 26 heavy (non-hydrogen) atoms. The third kappa shape index (κ3) is 2.92. The third-order valence-electron chi connectivity index (χ3n) is 4.12. The Balaban J connectivity index is 2.39. The molecule has 0 fully saturated rings. The number of aromatic nitrogens is 1. The fraction of sp³-hybridized carbons (Fsp3) is 0.263. The van der Waals surface area contributed by atoms with Crippen molar-refractivity contribution in [3.05, 3.63) is 50.8 Å². The molecule has 0 aliphatic carbocycles. The number of ether oxygens (including phenoxy) is 2. The highest BCUT2D eigenvalue weighted by atomic mass is 16.5. The lowest BCUT2D eigenvalue weighted by Crippen LogP contribution is -2.15. The average molecular weight is 355 g/mol. The Morgan fingerprint density at radius 1 is 1.08 bits per heavy atom. The number of esters is 2. The molecule has 134 valence electrons. The van der Waals surface area contributed by atoms with Crippen molar-refractivity contribution in [2.45, 2.75) is 20.3 Å². The van der Waals surface area contributed by atoms with Gasteiger partial charge >= 0.3 is 11.9 Å². The SMILES string of the molecule is COC(=O)Cc1nc2oc3c(C)cc(C)cc3c(=O)c2cc1C(=O)OC. The molecular weight excluding hydrogens is 338 g/mol. The maximum absolute atomic E-state index is 12.9. The predicted octanol–water partition coefficient (Wildman–Crippen LogP) is 2.46. The molecule has 3 rings (SSSR count). The van der Waals surface area contributed by atoms with E-state index in [4.69, 9.17) is 9.15 Å². The van der Waals surface area contributed by atoms with E-state index in [1.807, 2.05) is 19.9 Å². The maximum Gasteiger partial charge on any atom is 0.339 e. The second-order valence-electron chi connectivity index (χ2n) is 5.97. The van der Waals surface area contributed by atoms with Gasteiger partial charge in [-0.05, 0) is 37.1 Å². The maximum atomic E-state index is 12.9. The summed E-state index contributed by atoms with van der Waals surface area (Å²) in [6, 6.07) is 4.98. The first-order chi connectivity index (χ1) is 12.3. The molecule has 0 unspecified atom stereocenters. The van der Waals surface area contributed by atoms with E-state index >= 15 is 0 Å². The van der Waals surface area contributed by atoms with E-state index in [1.54, 1.807) is 6.07 Å². The molecular formula is C19H17NO6. The first-order valence-corrected chi connectivity index (χ1v) is 7.88. The van der Waals surface area contributed by atoms with Crippen molar-refractivity contribution in [1.29, 1.82) is 0 Å². The van der Waals surface area contributed by atoms with Crippen LogP contribution < -0.4 is 5.43 Å². The summed E-state index contributed by atoms with van der Waals surface area (Å²) in [5.41, 5.74) is 2.06. The number of hydrogen-bond acceptors (Lipinski definition) is 7. The highest BCUT2D eigenvalue weighted by Crippen LogP contribution is 2.24. The van der Waals surface area contributed by atoms with Gasteiger partial charge in [-0.25, -0.2) is 9.78 Å². The number of fused-ring (bicyclic) bond motifs is 2. The molecule has 7 heteroatoms. The van der Waals surface area contributed by atoms with Gasteiger partial charge in [0, 0.05) is 0 Å². The molecule has 0 atom stereocenters. The van der Waals surface area contributed by atoms with E-state index in [0.717, 1.165) is 11.1 Å². The van der Waals surface area contributed by atoms with Gasteiger partial charge < -0.3 is 13.9 Å². The number of carbonyl (C=O) groups is 2. The molecule has 0 aliphatic rings. The zero-order chi connectivity index (χ0) is 19.0. The van der Waals surface area contributed by atoms with Crippen molar-refractivity contribution < 1.29 is 23.5 Å². The average Bonchev–Trinajstić information content (AvgIpc) is 2.61. The predicted molar refractivity (Wildman–Crippen MR) is 94.3 cm³/mol. The number of carbonyl (C=O) groups excluding carboxylic acids is 2. The number of rotatable bonds is 3. The number of methoxy groups -OCH3 is 2. The number of aryl methyl sites for hydroxylation is 2. The molecule has 0 radical (unpaired) electrons. The molecule has 2 heterocycles. The van der Waals surface area contributed by atoms with Crippen molar-refractivity contribution in [3.63, 3.8) is 0 Å². The van der Waals surface area contributed by atoms with Crippen LogP contribution in [0.2, 0.25) is 0 Å². The zero-order valence-corrected chi connectivity index (χ0v) is 14.8. The molecule has 0 amide bonds. The summed E-state index contributed by atoms with van der Waals surface area (Å²) in [4.78, 5) is 40.9. The lowest BCUT2D eigenvalue weighted by Gasteiger charge is -2.09. The molecule has 1 aromatic carbocycles. The molecule has 0 bridgehead atoms. The Kier molecular flexibility index (Phi) is 4.46. The topological polar surface area (TPSA) is 95.7 Å². The van der Waals surface area contributed by atoms with Crippen molar-refractivity contribution in [2.24, 2.45) is 0 Å². The van der Waals surface area contributed by atoms with Gasteiger partial charge in [0.15, 0.2) is 0 Å². The van der Waals surface area contributed by atoms with Gasteiger partial charge in [0.2, 0.25) is 11.1 Å². The summed E-state index contributed by atoms with van der Waals surface area (Å²) in [6.45, 7) is 3.72. The first kappa shape index (κ1) is 17.6. The fourth-order valence-electron chi connectivity index (χ4n) is 2.90. The van der Waals surface area contributed by atoms with Crippen molar-refractivity contribution >= 4 is 34.0 Å². The minimum absolute atomic E-state index is 0.0291. The van der Waals surface area contributed by atoms with Crippen LogP contribution in [0.1, 0.15) is 27.2 Å². The molecule has 0 N–H and O–H groups in total. The van der Waals surface area contributed by atoms with Crippen molar-refractivity contribution in [3.8, 4) is 0 Å². The second kappa shape index (κ2) is 6.59. The molecule has 2 aromatic heterocycles. The van der Waals surface area contributed by atoms with Gasteiger partial charge in [-0.15, -0.1) is 0 Å². The standard InChI is InChI=1S/C19H17NO6/c1-9-5-10(2)17-12(6-9)16(22)13-7-11(19(23)25-4)14(8-15(21)24-3)20-18(13)26-17/h5-7H,8H2,1-4H3. The van der Waals surface area contributed by atoms with Crippen LogP contribution in [0.15, 0.2) is 27.4 Å².